The smallest absolute Gasteiger partial charge is 0.416 e. The maximum atomic E-state index is 12.7. The molecule has 0 radical (unpaired) electrons. The number of urea groups is 1. The van der Waals surface area contributed by atoms with E-state index in [9.17, 15) is 28.2 Å². The highest BCUT2D eigenvalue weighted by atomic mass is 19.4. The summed E-state index contributed by atoms with van der Waals surface area (Å²) in [5.41, 5.74) is -0.427. The molecule has 1 atom stereocenters. The zero-order valence-electron chi connectivity index (χ0n) is 14.0. The van der Waals surface area contributed by atoms with Crippen LogP contribution in [0.25, 0.3) is 0 Å². The lowest BCUT2D eigenvalue weighted by atomic mass is 10.1. The summed E-state index contributed by atoms with van der Waals surface area (Å²) in [5.74, 6) is -0.0157. The number of rotatable bonds is 5. The number of halogens is 3. The van der Waals surface area contributed by atoms with Gasteiger partial charge in [-0.05, 0) is 42.8 Å². The van der Waals surface area contributed by atoms with Gasteiger partial charge in [-0.3, -0.25) is 0 Å². The first-order valence-corrected chi connectivity index (χ1v) is 7.91. The molecule has 140 valence electrons. The van der Waals surface area contributed by atoms with Gasteiger partial charge in [0, 0.05) is 12.2 Å². The minimum atomic E-state index is -4.50. The number of phenols is 1. The van der Waals surface area contributed by atoms with Crippen LogP contribution in [0.5, 0.6) is 5.75 Å². The average Bonchev–Trinajstić information content (AvgIpc) is 2.58. The molecule has 2 amide bonds. The van der Waals surface area contributed by atoms with Gasteiger partial charge in [0.15, 0.2) is 0 Å². The van der Waals surface area contributed by atoms with Gasteiger partial charge in [0.1, 0.15) is 5.75 Å². The van der Waals surface area contributed by atoms with E-state index in [1.807, 2.05) is 0 Å². The Hall–Kier alpha value is -2.74. The first-order chi connectivity index (χ1) is 12.2. The average molecular weight is 368 g/mol. The van der Waals surface area contributed by atoms with Crippen LogP contribution < -0.4 is 5.32 Å². The summed E-state index contributed by atoms with van der Waals surface area (Å²) in [6.45, 7) is 1.84. The fourth-order valence-electron chi connectivity index (χ4n) is 2.38. The predicted octanol–water partition coefficient (Wildman–Crippen LogP) is 4.00. The molecular formula is C18H19F3N2O3. The lowest BCUT2D eigenvalue weighted by molar-refractivity contribution is -0.137. The SMILES string of the molecule is CCN(C[C@@H](O)c1cccc(O)c1)C(=O)Nc1cccc(C(F)(F)F)c1. The molecule has 0 spiro atoms. The number of hydrogen-bond acceptors (Lipinski definition) is 3. The maximum Gasteiger partial charge on any atom is 0.416 e. The van der Waals surface area contributed by atoms with Crippen LogP contribution in [0.4, 0.5) is 23.7 Å². The van der Waals surface area contributed by atoms with Crippen LogP contribution in [0.15, 0.2) is 48.5 Å². The summed E-state index contributed by atoms with van der Waals surface area (Å²) < 4.78 is 38.2. The van der Waals surface area contributed by atoms with Crippen molar-refractivity contribution in [1.82, 2.24) is 4.90 Å². The summed E-state index contributed by atoms with van der Waals surface area (Å²) >= 11 is 0. The Morgan fingerprint density at radius 1 is 1.19 bits per heavy atom. The van der Waals surface area contributed by atoms with Crippen LogP contribution in [0.2, 0.25) is 0 Å². The number of benzene rings is 2. The van der Waals surface area contributed by atoms with Crippen LogP contribution in [0, 0.1) is 0 Å². The molecule has 2 aromatic carbocycles. The van der Waals surface area contributed by atoms with E-state index in [1.54, 1.807) is 19.1 Å². The van der Waals surface area contributed by atoms with Crippen LogP contribution in [-0.4, -0.2) is 34.2 Å². The van der Waals surface area contributed by atoms with Crippen molar-refractivity contribution < 1.29 is 28.2 Å². The molecule has 0 unspecified atom stereocenters. The molecule has 0 aliphatic rings. The van der Waals surface area contributed by atoms with Gasteiger partial charge < -0.3 is 20.4 Å². The van der Waals surface area contributed by atoms with Gasteiger partial charge in [0.05, 0.1) is 18.2 Å². The highest BCUT2D eigenvalue weighted by Crippen LogP contribution is 2.30. The maximum absolute atomic E-state index is 12.7. The van der Waals surface area contributed by atoms with Gasteiger partial charge in [0.25, 0.3) is 0 Å². The minimum Gasteiger partial charge on any atom is -0.508 e. The van der Waals surface area contributed by atoms with Crippen molar-refractivity contribution in [2.24, 2.45) is 0 Å². The number of amides is 2. The second-order valence-electron chi connectivity index (χ2n) is 5.66. The number of anilines is 1. The zero-order chi connectivity index (χ0) is 19.3. The number of nitrogens with one attached hydrogen (secondary N) is 1. The molecule has 0 heterocycles. The van der Waals surface area contributed by atoms with Crippen LogP contribution in [-0.2, 0) is 6.18 Å². The summed E-state index contributed by atoms with van der Waals surface area (Å²) in [6.07, 6.45) is -5.55. The van der Waals surface area contributed by atoms with E-state index in [0.717, 1.165) is 12.1 Å². The van der Waals surface area contributed by atoms with E-state index in [-0.39, 0.29) is 24.5 Å². The summed E-state index contributed by atoms with van der Waals surface area (Å²) in [5, 5.41) is 22.1. The second-order valence-corrected chi connectivity index (χ2v) is 5.66. The minimum absolute atomic E-state index is 0.00937. The largest absolute Gasteiger partial charge is 0.508 e. The number of phenolic OH excluding ortho intramolecular Hbond substituents is 1. The first-order valence-electron chi connectivity index (χ1n) is 7.91. The van der Waals surface area contributed by atoms with Crippen LogP contribution >= 0.6 is 0 Å². The molecule has 2 rings (SSSR count). The van der Waals surface area contributed by atoms with Crippen LogP contribution in [0.3, 0.4) is 0 Å². The summed E-state index contributed by atoms with van der Waals surface area (Å²) in [4.78, 5) is 13.6. The number of alkyl halides is 3. The normalized spacial score (nSPS) is 12.5. The van der Waals surface area contributed by atoms with Crippen molar-refractivity contribution in [3.05, 3.63) is 59.7 Å². The third-order valence-electron chi connectivity index (χ3n) is 3.76. The quantitative estimate of drug-likeness (QED) is 0.747. The first kappa shape index (κ1) is 19.6. The van der Waals surface area contributed by atoms with Gasteiger partial charge in [0.2, 0.25) is 0 Å². The molecule has 0 aliphatic carbocycles. The molecule has 0 bridgehead atoms. The Bertz CT molecular complexity index is 765. The van der Waals surface area contributed by atoms with Crippen molar-refractivity contribution >= 4 is 11.7 Å². The highest BCUT2D eigenvalue weighted by molar-refractivity contribution is 5.89. The number of aliphatic hydroxyl groups excluding tert-OH is 1. The van der Waals surface area contributed by atoms with Crippen molar-refractivity contribution in [1.29, 1.82) is 0 Å². The topological polar surface area (TPSA) is 72.8 Å². The molecule has 0 aliphatic heterocycles. The molecule has 26 heavy (non-hydrogen) atoms. The second kappa shape index (κ2) is 8.09. The van der Waals surface area contributed by atoms with E-state index in [4.69, 9.17) is 0 Å². The van der Waals surface area contributed by atoms with E-state index >= 15 is 0 Å². The number of carbonyl (C=O) groups is 1. The summed E-state index contributed by atoms with van der Waals surface area (Å²) in [6, 6.07) is 9.68. The van der Waals surface area contributed by atoms with Gasteiger partial charge in [-0.15, -0.1) is 0 Å². The zero-order valence-corrected chi connectivity index (χ0v) is 14.0. The fraction of sp³-hybridized carbons (Fsp3) is 0.278. The number of nitrogens with zero attached hydrogens (tertiary/aromatic N) is 1. The van der Waals surface area contributed by atoms with E-state index in [1.165, 1.54) is 29.2 Å². The third kappa shape index (κ3) is 5.13. The van der Waals surface area contributed by atoms with Crippen molar-refractivity contribution in [3.63, 3.8) is 0 Å². The molecule has 2 aromatic rings. The Kier molecular flexibility index (Phi) is 6.10. The molecule has 0 saturated heterocycles. The molecule has 0 saturated carbocycles. The van der Waals surface area contributed by atoms with Crippen molar-refractivity contribution in [2.75, 3.05) is 18.4 Å². The third-order valence-corrected chi connectivity index (χ3v) is 3.76. The van der Waals surface area contributed by atoms with Crippen molar-refractivity contribution in [3.8, 4) is 5.75 Å². The standard InChI is InChI=1S/C18H19F3N2O3/c1-2-23(11-16(25)12-5-3-8-15(24)9-12)17(26)22-14-7-4-6-13(10-14)18(19,20)21/h3-10,16,24-25H,2,11H2,1H3,(H,22,26)/t16-/m1/s1. The Balaban J connectivity index is 2.07. The molecular weight excluding hydrogens is 349 g/mol. The fourth-order valence-corrected chi connectivity index (χ4v) is 2.38. The Morgan fingerprint density at radius 3 is 2.50 bits per heavy atom. The van der Waals surface area contributed by atoms with E-state index < -0.39 is 23.9 Å². The van der Waals surface area contributed by atoms with Crippen LogP contribution in [0.1, 0.15) is 24.2 Å². The van der Waals surface area contributed by atoms with Gasteiger partial charge in [-0.25, -0.2) is 4.79 Å². The molecule has 0 fully saturated rings. The lowest BCUT2D eigenvalue weighted by Gasteiger charge is -2.24. The number of aromatic hydroxyl groups is 1. The van der Waals surface area contributed by atoms with Crippen molar-refractivity contribution in [2.45, 2.75) is 19.2 Å². The number of aliphatic hydroxyl groups is 1. The van der Waals surface area contributed by atoms with Gasteiger partial charge in [-0.1, -0.05) is 18.2 Å². The van der Waals surface area contributed by atoms with E-state index in [2.05, 4.69) is 5.32 Å². The van der Waals surface area contributed by atoms with E-state index in [0.29, 0.717) is 5.56 Å². The molecule has 8 heteroatoms. The van der Waals surface area contributed by atoms with Gasteiger partial charge in [-0.2, -0.15) is 13.2 Å². The lowest BCUT2D eigenvalue weighted by Crippen LogP contribution is -2.37. The highest BCUT2D eigenvalue weighted by Gasteiger charge is 2.30. The Morgan fingerprint density at radius 2 is 1.88 bits per heavy atom. The predicted molar refractivity (Wildman–Crippen MR) is 90.8 cm³/mol. The molecule has 3 N–H and O–H groups in total. The number of hydrogen-bond donors (Lipinski definition) is 3. The van der Waals surface area contributed by atoms with Gasteiger partial charge >= 0.3 is 12.2 Å². The molecule has 0 aromatic heterocycles. The monoisotopic (exact) mass is 368 g/mol. The number of carbonyl (C=O) groups excluding carboxylic acids is 1. The summed E-state index contributed by atoms with van der Waals surface area (Å²) in [7, 11) is 0. The Labute approximate surface area is 148 Å². The molecule has 5 nitrogen and oxygen atoms in total. The number of likely N-dealkylation sites (N-methyl/N-ethyl adjacent to an activating group) is 1.